The van der Waals surface area contributed by atoms with Crippen LogP contribution in [-0.4, -0.2) is 51.7 Å². The lowest BCUT2D eigenvalue weighted by molar-refractivity contribution is -0.126. The van der Waals surface area contributed by atoms with Gasteiger partial charge in [0.25, 0.3) is 0 Å². The maximum Gasteiger partial charge on any atom is 0.223 e. The van der Waals surface area contributed by atoms with Gasteiger partial charge in [0.2, 0.25) is 15.9 Å². The second-order valence-electron chi connectivity index (χ2n) is 5.93. The first-order chi connectivity index (χ1) is 11.9. The molecule has 1 fully saturated rings. The van der Waals surface area contributed by atoms with Crippen LogP contribution in [0.4, 0.5) is 0 Å². The second-order valence-corrected chi connectivity index (χ2v) is 8.19. The minimum absolute atomic E-state index is 0.0681. The van der Waals surface area contributed by atoms with Crippen molar-refractivity contribution >= 4 is 15.9 Å². The number of hydrogen-bond donors (Lipinski definition) is 1. The van der Waals surface area contributed by atoms with E-state index >= 15 is 0 Å². The predicted molar refractivity (Wildman–Crippen MR) is 95.2 cm³/mol. The number of piperidine rings is 1. The molecule has 0 unspecified atom stereocenters. The molecule has 0 aromatic heterocycles. The van der Waals surface area contributed by atoms with Crippen LogP contribution >= 0.6 is 0 Å². The van der Waals surface area contributed by atoms with Gasteiger partial charge in [0.05, 0.1) is 32.1 Å². The molecule has 1 saturated heterocycles. The fourth-order valence-electron chi connectivity index (χ4n) is 3.00. The van der Waals surface area contributed by atoms with Crippen molar-refractivity contribution in [2.45, 2.75) is 26.3 Å². The van der Waals surface area contributed by atoms with Crippen LogP contribution in [0.5, 0.6) is 11.5 Å². The Labute approximate surface area is 149 Å². The number of carbonyl (C=O) groups is 1. The maximum atomic E-state index is 12.4. The van der Waals surface area contributed by atoms with Gasteiger partial charge in [-0.2, -0.15) is 0 Å². The molecule has 0 spiro atoms. The molecule has 0 atom stereocenters. The zero-order chi connectivity index (χ0) is 18.4. The number of amides is 1. The van der Waals surface area contributed by atoms with E-state index in [1.54, 1.807) is 21.1 Å². The first kappa shape index (κ1) is 19.5. The van der Waals surface area contributed by atoms with E-state index in [9.17, 15) is 13.2 Å². The molecule has 25 heavy (non-hydrogen) atoms. The molecule has 8 heteroatoms. The van der Waals surface area contributed by atoms with E-state index in [-0.39, 0.29) is 17.6 Å². The Morgan fingerprint density at radius 2 is 1.76 bits per heavy atom. The smallest absolute Gasteiger partial charge is 0.223 e. The van der Waals surface area contributed by atoms with Crippen molar-refractivity contribution in [1.82, 2.24) is 9.62 Å². The van der Waals surface area contributed by atoms with Crippen LogP contribution in [0, 0.1) is 5.92 Å². The highest BCUT2D eigenvalue weighted by Crippen LogP contribution is 2.28. The molecular formula is C17H26N2O5S. The summed E-state index contributed by atoms with van der Waals surface area (Å²) in [5.41, 5.74) is 0.784. The molecule has 140 valence electrons. The topological polar surface area (TPSA) is 84.9 Å². The summed E-state index contributed by atoms with van der Waals surface area (Å²) in [5, 5.41) is 2.92. The van der Waals surface area contributed by atoms with E-state index in [4.69, 9.17) is 9.47 Å². The maximum absolute atomic E-state index is 12.4. The Hall–Kier alpha value is -1.80. The van der Waals surface area contributed by atoms with Crippen LogP contribution in [0.2, 0.25) is 0 Å². The van der Waals surface area contributed by atoms with E-state index in [0.29, 0.717) is 44.0 Å². The van der Waals surface area contributed by atoms with E-state index in [1.807, 2.05) is 18.2 Å². The molecule has 1 amide bonds. The largest absolute Gasteiger partial charge is 0.496 e. The van der Waals surface area contributed by atoms with Gasteiger partial charge in [-0.15, -0.1) is 0 Å². The number of rotatable bonds is 7. The van der Waals surface area contributed by atoms with Gasteiger partial charge in [0.1, 0.15) is 11.5 Å². The van der Waals surface area contributed by atoms with Gasteiger partial charge >= 0.3 is 0 Å². The number of hydrogen-bond acceptors (Lipinski definition) is 5. The van der Waals surface area contributed by atoms with Crippen LogP contribution in [0.3, 0.4) is 0 Å². The van der Waals surface area contributed by atoms with Crippen LogP contribution in [0.1, 0.15) is 25.3 Å². The molecule has 0 saturated carbocycles. The highest BCUT2D eigenvalue weighted by molar-refractivity contribution is 7.89. The zero-order valence-electron chi connectivity index (χ0n) is 14.9. The number of ether oxygens (including phenoxy) is 2. The SMILES string of the molecule is CCS(=O)(=O)N1CCC(C(=O)NCc2c(OC)cccc2OC)CC1. The monoisotopic (exact) mass is 370 g/mol. The molecule has 7 nitrogen and oxygen atoms in total. The fraction of sp³-hybridized carbons (Fsp3) is 0.588. The number of methoxy groups -OCH3 is 2. The second kappa shape index (κ2) is 8.53. The molecule has 1 aliphatic heterocycles. The third-order valence-corrected chi connectivity index (χ3v) is 6.43. The summed E-state index contributed by atoms with van der Waals surface area (Å²) in [6.07, 6.45) is 1.07. The lowest BCUT2D eigenvalue weighted by Gasteiger charge is -2.30. The van der Waals surface area contributed by atoms with Crippen LogP contribution in [0.15, 0.2) is 18.2 Å². The third kappa shape index (κ3) is 4.64. The Balaban J connectivity index is 1.94. The lowest BCUT2D eigenvalue weighted by Crippen LogP contribution is -2.43. The number of nitrogens with zero attached hydrogens (tertiary/aromatic N) is 1. The summed E-state index contributed by atoms with van der Waals surface area (Å²) < 4.78 is 35.9. The summed E-state index contributed by atoms with van der Waals surface area (Å²) in [4.78, 5) is 12.4. The zero-order valence-corrected chi connectivity index (χ0v) is 15.8. The molecular weight excluding hydrogens is 344 g/mol. The summed E-state index contributed by atoms with van der Waals surface area (Å²) in [6, 6.07) is 5.46. The van der Waals surface area contributed by atoms with Gasteiger partial charge in [-0.3, -0.25) is 4.79 Å². The van der Waals surface area contributed by atoms with E-state index in [1.165, 1.54) is 4.31 Å². The van der Waals surface area contributed by atoms with Gasteiger partial charge in [0.15, 0.2) is 0 Å². The molecule has 1 N–H and O–H groups in total. The minimum atomic E-state index is -3.18. The van der Waals surface area contributed by atoms with Gasteiger partial charge in [-0.25, -0.2) is 12.7 Å². The van der Waals surface area contributed by atoms with Gasteiger partial charge in [-0.1, -0.05) is 6.07 Å². The minimum Gasteiger partial charge on any atom is -0.496 e. The fourth-order valence-corrected chi connectivity index (χ4v) is 4.13. The van der Waals surface area contributed by atoms with Crippen molar-refractivity contribution in [3.05, 3.63) is 23.8 Å². The molecule has 0 radical (unpaired) electrons. The lowest BCUT2D eigenvalue weighted by atomic mass is 9.97. The van der Waals surface area contributed by atoms with Crippen LogP contribution in [-0.2, 0) is 21.4 Å². The molecule has 1 aliphatic rings. The number of carbonyl (C=O) groups excluding carboxylic acids is 1. The van der Waals surface area contributed by atoms with Crippen molar-refractivity contribution in [3.63, 3.8) is 0 Å². The highest BCUT2D eigenvalue weighted by Gasteiger charge is 2.30. The molecule has 1 heterocycles. The molecule has 0 aliphatic carbocycles. The summed E-state index contributed by atoms with van der Waals surface area (Å²) in [6.45, 7) is 2.73. The van der Waals surface area contributed by atoms with Gasteiger partial charge in [-0.05, 0) is 31.9 Å². The molecule has 0 bridgehead atoms. The van der Waals surface area contributed by atoms with Crippen molar-refractivity contribution in [3.8, 4) is 11.5 Å². The quantitative estimate of drug-likeness (QED) is 0.784. The van der Waals surface area contributed by atoms with Crippen molar-refractivity contribution in [1.29, 1.82) is 0 Å². The average Bonchev–Trinajstić information content (AvgIpc) is 2.65. The molecule has 1 aromatic rings. The summed E-state index contributed by atoms with van der Waals surface area (Å²) in [5.74, 6) is 1.16. The molecule has 2 rings (SSSR count). The Bertz CT molecular complexity index is 675. The van der Waals surface area contributed by atoms with E-state index < -0.39 is 10.0 Å². The summed E-state index contributed by atoms with van der Waals surface area (Å²) in [7, 11) is -0.0283. The average molecular weight is 370 g/mol. The molecule has 1 aromatic carbocycles. The highest BCUT2D eigenvalue weighted by atomic mass is 32.2. The Kier molecular flexibility index (Phi) is 6.66. The number of benzene rings is 1. The Morgan fingerprint density at radius 1 is 1.20 bits per heavy atom. The number of sulfonamides is 1. The van der Waals surface area contributed by atoms with Gasteiger partial charge < -0.3 is 14.8 Å². The van der Waals surface area contributed by atoms with E-state index in [2.05, 4.69) is 5.32 Å². The van der Waals surface area contributed by atoms with Crippen molar-refractivity contribution < 1.29 is 22.7 Å². The third-order valence-electron chi connectivity index (χ3n) is 4.55. The summed E-state index contributed by atoms with van der Waals surface area (Å²) >= 11 is 0. The standard InChI is InChI=1S/C17H26N2O5S/c1-4-25(21,22)19-10-8-13(9-11-19)17(20)18-12-14-15(23-2)6-5-7-16(14)24-3/h5-7,13H,4,8-12H2,1-3H3,(H,18,20). The normalized spacial score (nSPS) is 16.4. The predicted octanol–water partition coefficient (Wildman–Crippen LogP) is 1.38. The van der Waals surface area contributed by atoms with Crippen molar-refractivity contribution in [2.24, 2.45) is 5.92 Å². The van der Waals surface area contributed by atoms with Crippen LogP contribution in [0.25, 0.3) is 0 Å². The first-order valence-corrected chi connectivity index (χ1v) is 9.99. The van der Waals surface area contributed by atoms with Crippen LogP contribution < -0.4 is 14.8 Å². The first-order valence-electron chi connectivity index (χ1n) is 8.38. The Morgan fingerprint density at radius 3 is 2.24 bits per heavy atom. The van der Waals surface area contributed by atoms with E-state index in [0.717, 1.165) is 5.56 Å². The number of nitrogens with one attached hydrogen (secondary N) is 1. The van der Waals surface area contributed by atoms with Crippen molar-refractivity contribution in [2.75, 3.05) is 33.1 Å². The van der Waals surface area contributed by atoms with Gasteiger partial charge in [0, 0.05) is 19.0 Å².